The Balaban J connectivity index is 2.21. The van der Waals surface area contributed by atoms with Crippen LogP contribution in [0.25, 0.3) is 11.0 Å². The molecule has 1 aliphatic heterocycles. The predicted octanol–water partition coefficient (Wildman–Crippen LogP) is -0.840. The zero-order valence-corrected chi connectivity index (χ0v) is 13.0. The molecule has 2 aromatic rings. The summed E-state index contributed by atoms with van der Waals surface area (Å²) >= 11 is 0. The van der Waals surface area contributed by atoms with Crippen LogP contribution in [-0.4, -0.2) is 54.3 Å². The van der Waals surface area contributed by atoms with Gasteiger partial charge in [0, 0.05) is 6.20 Å². The summed E-state index contributed by atoms with van der Waals surface area (Å²) in [6, 6.07) is 0. The van der Waals surface area contributed by atoms with Crippen molar-refractivity contribution in [1.82, 2.24) is 14.5 Å². The van der Waals surface area contributed by atoms with Crippen LogP contribution in [0, 0.1) is 0 Å². The predicted molar refractivity (Wildman–Crippen MR) is 83.4 cm³/mol. The second kappa shape index (κ2) is 5.31. The minimum atomic E-state index is -1.61. The number of nitrogens with two attached hydrogens (primary N) is 2. The molecule has 7 N–H and O–H groups in total. The number of aliphatic hydroxyl groups excluding tert-OH is 2. The van der Waals surface area contributed by atoms with E-state index < -0.39 is 30.6 Å². The van der Waals surface area contributed by atoms with Crippen LogP contribution in [0.15, 0.2) is 6.20 Å². The summed E-state index contributed by atoms with van der Waals surface area (Å²) in [5, 5.41) is 30.8. The fourth-order valence-electron chi connectivity index (χ4n) is 3.11. The number of hydrogen-bond donors (Lipinski definition) is 5. The van der Waals surface area contributed by atoms with E-state index in [1.165, 1.54) is 6.92 Å². The van der Waals surface area contributed by atoms with E-state index in [1.807, 2.05) is 6.92 Å². The van der Waals surface area contributed by atoms with Gasteiger partial charge in [0.1, 0.15) is 29.3 Å². The summed E-state index contributed by atoms with van der Waals surface area (Å²) < 4.78 is 7.23. The zero-order chi connectivity index (χ0) is 16.9. The standard InChI is InChI=1S/C14H21N5O4/c1-3-6-4-19(11-8(6)10(15)17-13(16)18-11)12-14(2,22)9(21)7(5-20)23-12/h4,7,9,12,20-22H,3,5H2,1-2H3,(H4,15,16,17,18)/t7-,9?,12-,14+/m1/s1. The fraction of sp³-hybridized carbons (Fsp3) is 0.571. The van der Waals surface area contributed by atoms with Crippen LogP contribution in [0.3, 0.4) is 0 Å². The average molecular weight is 323 g/mol. The van der Waals surface area contributed by atoms with Crippen molar-refractivity contribution < 1.29 is 20.1 Å². The van der Waals surface area contributed by atoms with Crippen molar-refractivity contribution in [3.05, 3.63) is 11.8 Å². The van der Waals surface area contributed by atoms with Crippen LogP contribution >= 0.6 is 0 Å². The van der Waals surface area contributed by atoms with E-state index >= 15 is 0 Å². The molecule has 0 amide bonds. The van der Waals surface area contributed by atoms with E-state index in [1.54, 1.807) is 10.8 Å². The quantitative estimate of drug-likeness (QED) is 0.490. The molecule has 126 valence electrons. The molecule has 23 heavy (non-hydrogen) atoms. The molecule has 0 bridgehead atoms. The highest BCUT2D eigenvalue weighted by atomic mass is 16.6. The Hall–Kier alpha value is -1.94. The maximum absolute atomic E-state index is 10.6. The van der Waals surface area contributed by atoms with Crippen molar-refractivity contribution in [2.45, 2.75) is 44.3 Å². The molecule has 3 heterocycles. The first-order valence-corrected chi connectivity index (χ1v) is 7.40. The lowest BCUT2D eigenvalue weighted by atomic mass is 9.96. The summed E-state index contributed by atoms with van der Waals surface area (Å²) in [5.41, 5.74) is 11.3. The van der Waals surface area contributed by atoms with Crippen molar-refractivity contribution in [3.63, 3.8) is 0 Å². The van der Waals surface area contributed by atoms with Gasteiger partial charge in [-0.15, -0.1) is 0 Å². The molecular formula is C14H21N5O4. The van der Waals surface area contributed by atoms with Crippen LogP contribution in [0.2, 0.25) is 0 Å². The van der Waals surface area contributed by atoms with Gasteiger partial charge in [0.2, 0.25) is 5.95 Å². The maximum atomic E-state index is 10.6. The van der Waals surface area contributed by atoms with Crippen molar-refractivity contribution in [2.75, 3.05) is 18.1 Å². The number of nitrogens with zero attached hydrogens (tertiary/aromatic N) is 3. The van der Waals surface area contributed by atoms with Crippen molar-refractivity contribution in [1.29, 1.82) is 0 Å². The molecule has 3 rings (SSSR count). The molecule has 0 aromatic carbocycles. The summed E-state index contributed by atoms with van der Waals surface area (Å²) in [5.74, 6) is 0.258. The number of nitrogen functional groups attached to an aromatic ring is 2. The second-order valence-corrected chi connectivity index (χ2v) is 5.96. The van der Waals surface area contributed by atoms with E-state index in [-0.39, 0.29) is 11.8 Å². The Bertz CT molecular complexity index is 744. The Morgan fingerprint density at radius 3 is 2.65 bits per heavy atom. The van der Waals surface area contributed by atoms with Crippen LogP contribution < -0.4 is 11.5 Å². The van der Waals surface area contributed by atoms with Crippen molar-refractivity contribution >= 4 is 22.8 Å². The summed E-state index contributed by atoms with van der Waals surface area (Å²) in [7, 11) is 0. The lowest BCUT2D eigenvalue weighted by molar-refractivity contribution is -0.0948. The number of aromatic nitrogens is 3. The maximum Gasteiger partial charge on any atom is 0.223 e. The van der Waals surface area contributed by atoms with E-state index in [9.17, 15) is 15.3 Å². The number of rotatable bonds is 3. The topological polar surface area (TPSA) is 153 Å². The van der Waals surface area contributed by atoms with Crippen LogP contribution in [0.1, 0.15) is 25.6 Å². The Morgan fingerprint density at radius 1 is 1.39 bits per heavy atom. The Morgan fingerprint density at radius 2 is 2.09 bits per heavy atom. The average Bonchev–Trinajstić information content (AvgIpc) is 2.95. The molecule has 9 heteroatoms. The van der Waals surface area contributed by atoms with E-state index in [0.717, 1.165) is 5.56 Å². The van der Waals surface area contributed by atoms with Gasteiger partial charge in [-0.3, -0.25) is 0 Å². The van der Waals surface area contributed by atoms with Crippen LogP contribution in [0.5, 0.6) is 0 Å². The van der Waals surface area contributed by atoms with Crippen molar-refractivity contribution in [2.24, 2.45) is 0 Å². The largest absolute Gasteiger partial charge is 0.394 e. The normalized spacial score (nSPS) is 31.1. The fourth-order valence-corrected chi connectivity index (χ4v) is 3.11. The summed E-state index contributed by atoms with van der Waals surface area (Å²) in [6.07, 6.45) is -0.653. The second-order valence-electron chi connectivity index (χ2n) is 5.96. The number of fused-ring (bicyclic) bond motifs is 1. The molecule has 0 saturated carbocycles. The van der Waals surface area contributed by atoms with Gasteiger partial charge >= 0.3 is 0 Å². The molecule has 4 atom stereocenters. The molecule has 9 nitrogen and oxygen atoms in total. The highest BCUT2D eigenvalue weighted by Crippen LogP contribution is 2.41. The Kier molecular flexibility index (Phi) is 3.68. The smallest absolute Gasteiger partial charge is 0.223 e. The van der Waals surface area contributed by atoms with Gasteiger partial charge in [-0.1, -0.05) is 6.92 Å². The number of hydrogen-bond acceptors (Lipinski definition) is 8. The molecule has 1 aliphatic rings. The summed E-state index contributed by atoms with van der Waals surface area (Å²) in [6.45, 7) is 2.99. The molecule has 1 saturated heterocycles. The Labute approximate surface area is 132 Å². The number of aliphatic hydroxyl groups is 3. The molecule has 0 radical (unpaired) electrons. The highest BCUT2D eigenvalue weighted by molar-refractivity contribution is 5.91. The minimum Gasteiger partial charge on any atom is -0.394 e. The summed E-state index contributed by atoms with van der Waals surface area (Å²) in [4.78, 5) is 8.18. The number of aryl methyl sites for hydroxylation is 1. The monoisotopic (exact) mass is 323 g/mol. The third-order valence-corrected chi connectivity index (χ3v) is 4.36. The first-order valence-electron chi connectivity index (χ1n) is 7.40. The molecule has 0 spiro atoms. The molecule has 1 fully saturated rings. The van der Waals surface area contributed by atoms with Crippen molar-refractivity contribution in [3.8, 4) is 0 Å². The van der Waals surface area contributed by atoms with Crippen LogP contribution in [-0.2, 0) is 11.2 Å². The van der Waals surface area contributed by atoms with E-state index in [0.29, 0.717) is 17.5 Å². The third kappa shape index (κ3) is 2.24. The van der Waals surface area contributed by atoms with E-state index in [2.05, 4.69) is 9.97 Å². The van der Waals surface area contributed by atoms with Gasteiger partial charge in [0.05, 0.1) is 12.0 Å². The van der Waals surface area contributed by atoms with Gasteiger partial charge in [-0.05, 0) is 18.9 Å². The van der Waals surface area contributed by atoms with Crippen LogP contribution in [0.4, 0.5) is 11.8 Å². The number of ether oxygens (including phenoxy) is 1. The van der Waals surface area contributed by atoms with Gasteiger partial charge in [-0.2, -0.15) is 9.97 Å². The SMILES string of the molecule is CCc1cn([C@@H]2O[C@H](CO)C(O)[C@]2(C)O)c2nc(N)nc(N)c12. The lowest BCUT2D eigenvalue weighted by Crippen LogP contribution is -2.44. The lowest BCUT2D eigenvalue weighted by Gasteiger charge is -2.27. The minimum absolute atomic E-state index is 0.00824. The molecule has 1 unspecified atom stereocenters. The highest BCUT2D eigenvalue weighted by Gasteiger charge is 2.53. The molecule has 0 aliphatic carbocycles. The number of anilines is 2. The first kappa shape index (κ1) is 15.9. The van der Waals surface area contributed by atoms with Gasteiger partial charge in [-0.25, -0.2) is 0 Å². The molecular weight excluding hydrogens is 302 g/mol. The van der Waals surface area contributed by atoms with Gasteiger partial charge in [0.15, 0.2) is 6.23 Å². The zero-order valence-electron chi connectivity index (χ0n) is 13.0. The molecule has 2 aromatic heterocycles. The first-order chi connectivity index (χ1) is 10.8. The van der Waals surface area contributed by atoms with Gasteiger partial charge in [0.25, 0.3) is 0 Å². The van der Waals surface area contributed by atoms with Gasteiger partial charge < -0.3 is 36.1 Å². The third-order valence-electron chi connectivity index (χ3n) is 4.36. The van der Waals surface area contributed by atoms with E-state index in [4.69, 9.17) is 16.2 Å².